The summed E-state index contributed by atoms with van der Waals surface area (Å²) >= 11 is 0. The molecule has 0 amide bonds. The molecule has 0 radical (unpaired) electrons. The molecule has 1 aromatic rings. The average molecular weight is 429 g/mol. The molecular formula is C20H29F5O2S. The van der Waals surface area contributed by atoms with E-state index in [1.807, 2.05) is 0 Å². The molecule has 0 aromatic heterocycles. The number of unbranched alkanes of at least 4 members (excludes halogenated alkanes) is 7. The minimum Gasteiger partial charge on any atom is -0.394 e. The normalized spacial score (nSPS) is 14.1. The lowest BCUT2D eigenvalue weighted by molar-refractivity contribution is 0.0895. The Hall–Kier alpha value is -1.30. The Labute approximate surface area is 164 Å². The van der Waals surface area contributed by atoms with Crippen molar-refractivity contribution in [1.29, 1.82) is 0 Å². The van der Waals surface area contributed by atoms with E-state index in [9.17, 15) is 19.4 Å². The van der Waals surface area contributed by atoms with Crippen LogP contribution in [0.1, 0.15) is 62.5 Å². The first-order valence-electron chi connectivity index (χ1n) is 9.54. The van der Waals surface area contributed by atoms with Crippen LogP contribution in [0.5, 0.6) is 0 Å². The molecule has 0 aliphatic rings. The molecule has 0 heterocycles. The molecule has 8 heteroatoms. The van der Waals surface area contributed by atoms with Crippen molar-refractivity contribution in [3.8, 4) is 11.2 Å². The van der Waals surface area contributed by atoms with E-state index < -0.39 is 10.2 Å². The maximum atomic E-state index is 12.2. The number of aryl methyl sites for hydroxylation is 1. The summed E-state index contributed by atoms with van der Waals surface area (Å²) in [6.07, 6.45) is 9.65. The number of aliphatic hydroxyl groups excluding tert-OH is 1. The SMILES string of the molecule is OCCOCCCCCCCCCCc1ccc(C#CS(F)(F)(F)(F)F)cc1. The Balaban J connectivity index is 2.13. The standard InChI is InChI=1S/C20H29F5O2S/c21-28(22,23,24,25)18-14-20-12-10-19(11-13-20)9-7-5-3-1-2-4-6-8-16-27-17-15-26/h10-13,26H,1-9,15-17H2. The number of aliphatic hydroxyl groups is 1. The number of ether oxygens (including phenoxy) is 1. The van der Waals surface area contributed by atoms with E-state index in [0.29, 0.717) is 13.2 Å². The minimum absolute atomic E-state index is 0.0657. The molecule has 1 N–H and O–H groups in total. The second kappa shape index (κ2) is 10.5. The van der Waals surface area contributed by atoms with Crippen molar-refractivity contribution in [2.45, 2.75) is 57.8 Å². The summed E-state index contributed by atoms with van der Waals surface area (Å²) < 4.78 is 66.2. The molecule has 0 aliphatic heterocycles. The summed E-state index contributed by atoms with van der Waals surface area (Å²) in [5, 5.41) is 8.79. The highest BCUT2D eigenvalue weighted by molar-refractivity contribution is 8.49. The Morgan fingerprint density at radius 1 is 0.750 bits per heavy atom. The minimum atomic E-state index is -9.68. The van der Waals surface area contributed by atoms with Crippen molar-refractivity contribution in [3.63, 3.8) is 0 Å². The second-order valence-electron chi connectivity index (χ2n) is 6.81. The largest absolute Gasteiger partial charge is 0.394 e. The van der Waals surface area contributed by atoms with Gasteiger partial charge in [-0.2, -0.15) is 0 Å². The van der Waals surface area contributed by atoms with Crippen LogP contribution in [0.25, 0.3) is 0 Å². The van der Waals surface area contributed by atoms with Crippen LogP contribution >= 0.6 is 10.2 Å². The lowest BCUT2D eigenvalue weighted by Gasteiger charge is -2.33. The highest BCUT2D eigenvalue weighted by Gasteiger charge is 2.62. The van der Waals surface area contributed by atoms with Crippen LogP contribution in [-0.2, 0) is 11.2 Å². The highest BCUT2D eigenvalue weighted by atomic mass is 32.5. The number of halogens is 5. The van der Waals surface area contributed by atoms with Crippen molar-refractivity contribution in [3.05, 3.63) is 35.4 Å². The fourth-order valence-electron chi connectivity index (χ4n) is 2.67. The summed E-state index contributed by atoms with van der Waals surface area (Å²) in [7, 11) is -9.68. The predicted octanol–water partition coefficient (Wildman–Crippen LogP) is 6.97. The van der Waals surface area contributed by atoms with Gasteiger partial charge in [0.2, 0.25) is 0 Å². The van der Waals surface area contributed by atoms with Gasteiger partial charge in [-0.3, -0.25) is 0 Å². The van der Waals surface area contributed by atoms with E-state index >= 15 is 0 Å². The van der Waals surface area contributed by atoms with Crippen LogP contribution in [0.4, 0.5) is 19.4 Å². The zero-order valence-corrected chi connectivity index (χ0v) is 16.8. The van der Waals surface area contributed by atoms with E-state index in [-0.39, 0.29) is 17.4 Å². The van der Waals surface area contributed by atoms with Gasteiger partial charge in [-0.15, -0.1) is 0 Å². The third-order valence-corrected chi connectivity index (χ3v) is 4.57. The predicted molar refractivity (Wildman–Crippen MR) is 105 cm³/mol. The van der Waals surface area contributed by atoms with Crippen LogP contribution in [0.15, 0.2) is 24.3 Å². The first-order valence-corrected chi connectivity index (χ1v) is 11.5. The molecule has 0 aliphatic carbocycles. The highest BCUT2D eigenvalue weighted by Crippen LogP contribution is 2.97. The topological polar surface area (TPSA) is 29.5 Å². The van der Waals surface area contributed by atoms with Gasteiger partial charge in [-0.1, -0.05) is 70.1 Å². The monoisotopic (exact) mass is 428 g/mol. The van der Waals surface area contributed by atoms with Gasteiger partial charge in [0.05, 0.1) is 18.5 Å². The van der Waals surface area contributed by atoms with Gasteiger partial charge in [0.15, 0.2) is 0 Å². The smallest absolute Gasteiger partial charge is 0.345 e. The average Bonchev–Trinajstić information content (AvgIpc) is 2.60. The van der Waals surface area contributed by atoms with Crippen LogP contribution in [0, 0.1) is 11.2 Å². The number of hydrogen-bond acceptors (Lipinski definition) is 2. The quantitative estimate of drug-likeness (QED) is 0.209. The third kappa shape index (κ3) is 14.7. The van der Waals surface area contributed by atoms with Gasteiger partial charge in [-0.25, -0.2) is 0 Å². The molecule has 2 nitrogen and oxygen atoms in total. The second-order valence-corrected chi connectivity index (χ2v) is 8.95. The number of rotatable bonds is 13. The number of benzene rings is 1. The molecule has 0 bridgehead atoms. The molecule has 0 saturated carbocycles. The summed E-state index contributed by atoms with van der Waals surface area (Å²) in [6, 6.07) is 5.95. The third-order valence-electron chi connectivity index (χ3n) is 4.08. The van der Waals surface area contributed by atoms with Crippen LogP contribution in [0.2, 0.25) is 0 Å². The van der Waals surface area contributed by atoms with Gasteiger partial charge in [0, 0.05) is 12.2 Å². The lowest BCUT2D eigenvalue weighted by atomic mass is 10.0. The Morgan fingerprint density at radius 2 is 1.29 bits per heavy atom. The summed E-state index contributed by atoms with van der Waals surface area (Å²) in [5.41, 5.74) is 0.888. The molecule has 0 fully saturated rings. The molecule has 0 unspecified atom stereocenters. The fraction of sp³-hybridized carbons (Fsp3) is 0.600. The Bertz CT molecular complexity index is 633. The number of hydrogen-bond donors (Lipinski definition) is 1. The van der Waals surface area contributed by atoms with Crippen molar-refractivity contribution < 1.29 is 29.3 Å². The molecule has 0 spiro atoms. The van der Waals surface area contributed by atoms with E-state index in [1.54, 1.807) is 12.1 Å². The summed E-state index contributed by atoms with van der Waals surface area (Å²) in [4.78, 5) is 0. The zero-order chi connectivity index (χ0) is 21.0. The Morgan fingerprint density at radius 3 is 1.82 bits per heavy atom. The fourth-order valence-corrected chi connectivity index (χ4v) is 2.98. The molecule has 1 aromatic carbocycles. The van der Waals surface area contributed by atoms with Crippen LogP contribution in [0.3, 0.4) is 0 Å². The molecule has 28 heavy (non-hydrogen) atoms. The maximum absolute atomic E-state index is 12.2. The molecule has 162 valence electrons. The van der Waals surface area contributed by atoms with Crippen LogP contribution < -0.4 is 0 Å². The molecule has 1 rings (SSSR count). The Kier molecular flexibility index (Phi) is 9.25. The van der Waals surface area contributed by atoms with Gasteiger partial charge < -0.3 is 9.84 Å². The van der Waals surface area contributed by atoms with Crippen molar-refractivity contribution in [2.24, 2.45) is 0 Å². The van der Waals surface area contributed by atoms with Gasteiger partial charge in [0.25, 0.3) is 0 Å². The maximum Gasteiger partial charge on any atom is 0.345 e. The van der Waals surface area contributed by atoms with Gasteiger partial charge in [0.1, 0.15) is 0 Å². The van der Waals surface area contributed by atoms with Crippen LogP contribution in [-0.4, -0.2) is 24.9 Å². The van der Waals surface area contributed by atoms with Crippen molar-refractivity contribution in [1.82, 2.24) is 0 Å². The van der Waals surface area contributed by atoms with E-state index in [1.165, 1.54) is 37.3 Å². The lowest BCUT2D eigenvalue weighted by Crippen LogP contribution is -2.00. The molecule has 0 saturated heterocycles. The first kappa shape index (κ1) is 24.7. The summed E-state index contributed by atoms with van der Waals surface area (Å²) in [5.74, 6) is 1.52. The van der Waals surface area contributed by atoms with E-state index in [2.05, 4.69) is 0 Å². The summed E-state index contributed by atoms with van der Waals surface area (Å²) in [6.45, 7) is 1.17. The molecular weight excluding hydrogens is 399 g/mol. The van der Waals surface area contributed by atoms with E-state index in [4.69, 9.17) is 9.84 Å². The van der Waals surface area contributed by atoms with E-state index in [0.717, 1.165) is 44.1 Å². The van der Waals surface area contributed by atoms with Gasteiger partial charge >= 0.3 is 10.2 Å². The first-order chi connectivity index (χ1) is 13.0. The zero-order valence-electron chi connectivity index (χ0n) is 15.9. The molecule has 0 atom stereocenters. The van der Waals surface area contributed by atoms with Gasteiger partial charge in [-0.05, 0) is 42.9 Å². The van der Waals surface area contributed by atoms with Crippen molar-refractivity contribution >= 4 is 10.2 Å². The van der Waals surface area contributed by atoms with Crippen molar-refractivity contribution in [2.75, 3.05) is 19.8 Å².